The van der Waals surface area contributed by atoms with E-state index in [0.29, 0.717) is 16.6 Å². The number of anilines is 2. The molecule has 4 aromatic rings. The van der Waals surface area contributed by atoms with Crippen molar-refractivity contribution in [2.75, 3.05) is 12.1 Å². The van der Waals surface area contributed by atoms with E-state index in [2.05, 4.69) is 20.6 Å². The zero-order valence-electron chi connectivity index (χ0n) is 13.3. The van der Waals surface area contributed by atoms with Gasteiger partial charge in [0.25, 0.3) is 0 Å². The van der Waals surface area contributed by atoms with Crippen molar-refractivity contribution >= 4 is 38.7 Å². The first-order chi connectivity index (χ1) is 12.8. The lowest BCUT2D eigenvalue weighted by atomic mass is 10.1. The average molecular weight is 386 g/mol. The molecule has 0 atom stereocenters. The third kappa shape index (κ3) is 2.73. The maximum absolute atomic E-state index is 6.19. The van der Waals surface area contributed by atoms with Crippen LogP contribution in [-0.2, 0) is 6.42 Å². The molecule has 26 heavy (non-hydrogen) atoms. The van der Waals surface area contributed by atoms with Gasteiger partial charge in [-0.1, -0.05) is 41.1 Å². The number of nitrogens with zero attached hydrogens (tertiary/aromatic N) is 4. The molecule has 2 aromatic heterocycles. The molecule has 1 aliphatic rings. The summed E-state index contributed by atoms with van der Waals surface area (Å²) in [6, 6.07) is 13.4. The molecule has 3 heterocycles. The van der Waals surface area contributed by atoms with Gasteiger partial charge in [0.2, 0.25) is 16.9 Å². The summed E-state index contributed by atoms with van der Waals surface area (Å²) >= 11 is 7.61. The number of hydrogen-bond donors (Lipinski definition) is 1. The van der Waals surface area contributed by atoms with E-state index in [0.717, 1.165) is 33.5 Å². The van der Waals surface area contributed by atoms with Crippen molar-refractivity contribution in [1.29, 1.82) is 0 Å². The number of benzene rings is 2. The Kier molecular flexibility index (Phi) is 3.65. The molecule has 0 amide bonds. The molecule has 2 aromatic carbocycles. The van der Waals surface area contributed by atoms with Crippen molar-refractivity contribution in [2.24, 2.45) is 0 Å². The first-order valence-electron chi connectivity index (χ1n) is 7.87. The highest BCUT2D eigenvalue weighted by atomic mass is 35.5. The Balaban J connectivity index is 1.42. The lowest BCUT2D eigenvalue weighted by Crippen LogP contribution is -1.99. The van der Waals surface area contributed by atoms with Gasteiger partial charge >= 0.3 is 0 Å². The second-order valence-corrected chi connectivity index (χ2v) is 7.05. The van der Waals surface area contributed by atoms with Gasteiger partial charge in [-0.25, -0.2) is 0 Å². The number of ether oxygens (including phenoxy) is 2. The van der Waals surface area contributed by atoms with Crippen LogP contribution >= 0.6 is 22.9 Å². The van der Waals surface area contributed by atoms with Crippen LogP contribution in [0.1, 0.15) is 11.4 Å². The monoisotopic (exact) mass is 385 g/mol. The molecule has 0 spiro atoms. The van der Waals surface area contributed by atoms with E-state index in [-0.39, 0.29) is 6.79 Å². The number of halogens is 1. The number of hydrogen-bond acceptors (Lipinski definition) is 7. The molecule has 0 radical (unpaired) electrons. The molecule has 130 valence electrons. The lowest BCUT2D eigenvalue weighted by molar-refractivity contribution is 0.174. The van der Waals surface area contributed by atoms with Crippen molar-refractivity contribution in [3.8, 4) is 11.5 Å². The summed E-state index contributed by atoms with van der Waals surface area (Å²) in [5.74, 6) is 2.27. The van der Waals surface area contributed by atoms with Crippen LogP contribution in [0.25, 0.3) is 4.96 Å². The van der Waals surface area contributed by atoms with E-state index in [1.807, 2.05) is 42.5 Å². The zero-order chi connectivity index (χ0) is 17.5. The van der Waals surface area contributed by atoms with Gasteiger partial charge < -0.3 is 14.8 Å². The smallest absolute Gasteiger partial charge is 0.236 e. The normalized spacial score (nSPS) is 12.7. The summed E-state index contributed by atoms with van der Waals surface area (Å²) in [6.45, 7) is 0.261. The number of fused-ring (bicyclic) bond motifs is 2. The fourth-order valence-corrected chi connectivity index (χ4v) is 3.68. The molecule has 0 saturated heterocycles. The van der Waals surface area contributed by atoms with E-state index in [1.54, 1.807) is 4.52 Å². The van der Waals surface area contributed by atoms with Crippen LogP contribution < -0.4 is 14.8 Å². The molecule has 0 saturated carbocycles. The average Bonchev–Trinajstić information content (AvgIpc) is 3.34. The predicted octanol–water partition coefficient (Wildman–Crippen LogP) is 3.90. The Morgan fingerprint density at radius 1 is 1.12 bits per heavy atom. The SMILES string of the molecule is Clc1ccccc1Nc1nn2c(Cc3ccc4c(c3)OCO4)nnc2s1. The predicted molar refractivity (Wildman–Crippen MR) is 98.8 cm³/mol. The molecule has 0 bridgehead atoms. The standard InChI is InChI=1S/C17H12ClN5O2S/c18-11-3-1-2-4-12(11)19-16-22-23-15(20-21-17(23)26-16)8-10-5-6-13-14(7-10)25-9-24-13/h1-7H,8-9H2,(H,19,22). The summed E-state index contributed by atoms with van der Waals surface area (Å²) in [7, 11) is 0. The molecule has 0 unspecified atom stereocenters. The Labute approximate surface area is 157 Å². The molecule has 0 fully saturated rings. The van der Waals surface area contributed by atoms with Gasteiger partial charge in [-0.2, -0.15) is 4.52 Å². The number of para-hydroxylation sites is 1. The molecule has 0 aliphatic carbocycles. The topological polar surface area (TPSA) is 73.6 Å². The molecule has 5 rings (SSSR count). The first kappa shape index (κ1) is 15.4. The summed E-state index contributed by atoms with van der Waals surface area (Å²) < 4.78 is 12.5. The van der Waals surface area contributed by atoms with Crippen LogP contribution in [0.3, 0.4) is 0 Å². The van der Waals surface area contributed by atoms with Crippen LogP contribution in [0.15, 0.2) is 42.5 Å². The first-order valence-corrected chi connectivity index (χ1v) is 9.07. The Morgan fingerprint density at radius 2 is 2.00 bits per heavy atom. The Morgan fingerprint density at radius 3 is 2.92 bits per heavy atom. The zero-order valence-corrected chi connectivity index (χ0v) is 14.9. The minimum absolute atomic E-state index is 0.261. The second-order valence-electron chi connectivity index (χ2n) is 5.69. The molecular formula is C17H12ClN5O2S. The second kappa shape index (κ2) is 6.15. The van der Waals surface area contributed by atoms with Crippen molar-refractivity contribution in [3.05, 3.63) is 58.9 Å². The summed E-state index contributed by atoms with van der Waals surface area (Å²) in [5, 5.41) is 17.6. The van der Waals surface area contributed by atoms with Gasteiger partial charge in [0.1, 0.15) is 0 Å². The Hall–Kier alpha value is -2.84. The summed E-state index contributed by atoms with van der Waals surface area (Å²) in [5.41, 5.74) is 1.86. The van der Waals surface area contributed by atoms with Crippen LogP contribution in [0.2, 0.25) is 5.02 Å². The van der Waals surface area contributed by atoms with Crippen molar-refractivity contribution in [1.82, 2.24) is 19.8 Å². The van der Waals surface area contributed by atoms with Gasteiger partial charge in [-0.15, -0.1) is 15.3 Å². The summed E-state index contributed by atoms with van der Waals surface area (Å²) in [4.78, 5) is 0.718. The van der Waals surface area contributed by atoms with Crippen molar-refractivity contribution in [3.63, 3.8) is 0 Å². The van der Waals surface area contributed by atoms with E-state index in [4.69, 9.17) is 21.1 Å². The molecule has 9 heteroatoms. The maximum Gasteiger partial charge on any atom is 0.236 e. The largest absolute Gasteiger partial charge is 0.454 e. The van der Waals surface area contributed by atoms with Crippen molar-refractivity contribution < 1.29 is 9.47 Å². The maximum atomic E-state index is 6.19. The Bertz CT molecular complexity index is 1110. The quantitative estimate of drug-likeness (QED) is 0.574. The van der Waals surface area contributed by atoms with Crippen LogP contribution in [0, 0.1) is 0 Å². The number of rotatable bonds is 4. The number of aromatic nitrogens is 4. The minimum atomic E-state index is 0.261. The highest BCUT2D eigenvalue weighted by molar-refractivity contribution is 7.20. The van der Waals surface area contributed by atoms with Crippen LogP contribution in [0.5, 0.6) is 11.5 Å². The van der Waals surface area contributed by atoms with E-state index < -0.39 is 0 Å². The van der Waals surface area contributed by atoms with Gasteiger partial charge in [0.15, 0.2) is 17.3 Å². The highest BCUT2D eigenvalue weighted by Gasteiger charge is 2.16. The molecule has 7 nitrogen and oxygen atoms in total. The highest BCUT2D eigenvalue weighted by Crippen LogP contribution is 2.33. The van der Waals surface area contributed by atoms with E-state index in [1.165, 1.54) is 11.3 Å². The fraction of sp³-hybridized carbons (Fsp3) is 0.118. The van der Waals surface area contributed by atoms with E-state index >= 15 is 0 Å². The number of nitrogens with one attached hydrogen (secondary N) is 1. The van der Waals surface area contributed by atoms with Gasteiger partial charge in [-0.3, -0.25) is 0 Å². The third-order valence-corrected chi connectivity index (χ3v) is 5.11. The van der Waals surface area contributed by atoms with Crippen LogP contribution in [-0.4, -0.2) is 26.6 Å². The van der Waals surface area contributed by atoms with Gasteiger partial charge in [0, 0.05) is 6.42 Å². The molecular weight excluding hydrogens is 374 g/mol. The summed E-state index contributed by atoms with van der Waals surface area (Å²) in [6.07, 6.45) is 0.590. The van der Waals surface area contributed by atoms with Crippen LogP contribution in [0.4, 0.5) is 10.8 Å². The lowest BCUT2D eigenvalue weighted by Gasteiger charge is -2.03. The molecule has 1 aliphatic heterocycles. The van der Waals surface area contributed by atoms with E-state index in [9.17, 15) is 0 Å². The van der Waals surface area contributed by atoms with Gasteiger partial charge in [-0.05, 0) is 29.8 Å². The molecule has 1 N–H and O–H groups in total. The third-order valence-electron chi connectivity index (χ3n) is 3.97. The fourth-order valence-electron chi connectivity index (χ4n) is 2.73. The minimum Gasteiger partial charge on any atom is -0.454 e. The van der Waals surface area contributed by atoms with Crippen molar-refractivity contribution in [2.45, 2.75) is 6.42 Å². The van der Waals surface area contributed by atoms with Gasteiger partial charge in [0.05, 0.1) is 10.7 Å².